The van der Waals surface area contributed by atoms with Gasteiger partial charge in [0.05, 0.1) is 47.2 Å². The number of ketones is 1. The number of Topliss-reactive ketones (excluding diaryl/α,β-unsaturated/α-hetero) is 1. The Labute approximate surface area is 250 Å². The van der Waals surface area contributed by atoms with Crippen LogP contribution in [-0.2, 0) is 10.0 Å². The summed E-state index contributed by atoms with van der Waals surface area (Å²) in [5, 5.41) is 7.91. The van der Waals surface area contributed by atoms with E-state index in [2.05, 4.69) is 20.2 Å². The quantitative estimate of drug-likeness (QED) is 0.197. The van der Waals surface area contributed by atoms with Crippen LogP contribution in [0, 0.1) is 5.82 Å². The summed E-state index contributed by atoms with van der Waals surface area (Å²) in [4.78, 5) is 22.4. The summed E-state index contributed by atoms with van der Waals surface area (Å²) in [6.07, 6.45) is 3.13. The van der Waals surface area contributed by atoms with E-state index in [0.717, 1.165) is 43.4 Å². The second-order valence-corrected chi connectivity index (χ2v) is 13.0. The van der Waals surface area contributed by atoms with Crippen LogP contribution >= 0.6 is 11.3 Å². The molecule has 0 radical (unpaired) electrons. The van der Waals surface area contributed by atoms with Crippen molar-refractivity contribution in [2.75, 3.05) is 20.7 Å². The molecule has 0 bridgehead atoms. The van der Waals surface area contributed by atoms with Crippen LogP contribution in [0.4, 0.5) is 4.39 Å². The highest BCUT2D eigenvalue weighted by atomic mass is 32.2. The number of rotatable bonds is 9. The number of ether oxygens (including phenoxy) is 1. The van der Waals surface area contributed by atoms with E-state index in [4.69, 9.17) is 4.74 Å². The van der Waals surface area contributed by atoms with Crippen LogP contribution in [0.25, 0.3) is 43.9 Å². The van der Waals surface area contributed by atoms with Crippen molar-refractivity contribution in [2.24, 2.45) is 0 Å². The summed E-state index contributed by atoms with van der Waals surface area (Å²) < 4.78 is 46.8. The van der Waals surface area contributed by atoms with E-state index in [1.54, 1.807) is 48.7 Å². The first-order valence-electron chi connectivity index (χ1n) is 13.0. The molecule has 6 aromatic rings. The average Bonchev–Trinajstić information content (AvgIpc) is 3.72. The minimum Gasteiger partial charge on any atom is -0.496 e. The van der Waals surface area contributed by atoms with Crippen molar-refractivity contribution in [3.8, 4) is 38.7 Å². The lowest BCUT2D eigenvalue weighted by Gasteiger charge is -2.16. The number of aromatic nitrogens is 4. The summed E-state index contributed by atoms with van der Waals surface area (Å²) in [5.74, 6) is -0.329. The Morgan fingerprint density at radius 1 is 1.00 bits per heavy atom. The number of halogens is 1. The zero-order valence-corrected chi connectivity index (χ0v) is 24.6. The van der Waals surface area contributed by atoms with E-state index in [0.29, 0.717) is 27.4 Å². The number of likely N-dealkylation sites (N-methyl/N-ethyl adjacent to an activating group) is 1. The van der Waals surface area contributed by atoms with Gasteiger partial charge < -0.3 is 4.74 Å². The molecule has 0 unspecified atom stereocenters. The molecule has 0 saturated heterocycles. The fourth-order valence-corrected chi connectivity index (χ4v) is 7.40. The summed E-state index contributed by atoms with van der Waals surface area (Å²) in [7, 11) is -1.15. The summed E-state index contributed by atoms with van der Waals surface area (Å²) in [6.45, 7) is -0.350. The highest BCUT2D eigenvalue weighted by molar-refractivity contribution is 7.91. The van der Waals surface area contributed by atoms with Crippen LogP contribution in [0.15, 0.2) is 95.6 Å². The van der Waals surface area contributed by atoms with Crippen molar-refractivity contribution >= 4 is 38.0 Å². The van der Waals surface area contributed by atoms with Gasteiger partial charge >= 0.3 is 0 Å². The van der Waals surface area contributed by atoms with Gasteiger partial charge in [-0.1, -0.05) is 18.2 Å². The van der Waals surface area contributed by atoms with Crippen molar-refractivity contribution in [1.82, 2.24) is 24.5 Å². The minimum absolute atomic E-state index is 0.0779. The highest BCUT2D eigenvalue weighted by Crippen LogP contribution is 2.37. The molecule has 3 aromatic heterocycles. The molecule has 0 spiro atoms. The van der Waals surface area contributed by atoms with Crippen molar-refractivity contribution in [2.45, 2.75) is 4.21 Å². The second kappa shape index (κ2) is 11.5. The molecule has 0 aliphatic rings. The van der Waals surface area contributed by atoms with Crippen molar-refractivity contribution in [3.63, 3.8) is 0 Å². The van der Waals surface area contributed by atoms with Gasteiger partial charge in [0.15, 0.2) is 5.78 Å². The number of para-hydroxylation sites is 1. The second-order valence-electron chi connectivity index (χ2n) is 9.62. The molecule has 0 aliphatic heterocycles. The zero-order valence-electron chi connectivity index (χ0n) is 23.0. The van der Waals surface area contributed by atoms with E-state index >= 15 is 0 Å². The topological polar surface area (TPSA) is 118 Å². The fourth-order valence-electron chi connectivity index (χ4n) is 4.75. The van der Waals surface area contributed by atoms with Crippen molar-refractivity contribution in [1.29, 1.82) is 0 Å². The SMILES string of the molecule is COc1ccccc1C(=O)CN(C)S(=O)(=O)c1ccc(-c2ncnc3ccc(-c4cn[nH]c4-c4ccc(F)cc4)cc23)s1. The first-order chi connectivity index (χ1) is 20.8. The minimum atomic E-state index is -3.98. The average molecular weight is 614 g/mol. The fraction of sp³-hybridized carbons (Fsp3) is 0.0968. The maximum Gasteiger partial charge on any atom is 0.252 e. The van der Waals surface area contributed by atoms with Crippen LogP contribution in [0.1, 0.15) is 10.4 Å². The number of nitrogens with one attached hydrogen (secondary N) is 1. The van der Waals surface area contributed by atoms with Crippen LogP contribution in [0.3, 0.4) is 0 Å². The third-order valence-corrected chi connectivity index (χ3v) is 10.3. The van der Waals surface area contributed by atoms with Gasteiger partial charge in [0, 0.05) is 23.6 Å². The molecule has 0 saturated carbocycles. The molecular weight excluding hydrogens is 590 g/mol. The summed E-state index contributed by atoms with van der Waals surface area (Å²) in [6, 6.07) is 21.7. The van der Waals surface area contributed by atoms with E-state index in [9.17, 15) is 17.6 Å². The Morgan fingerprint density at radius 3 is 2.56 bits per heavy atom. The number of H-pyrrole nitrogens is 1. The predicted molar refractivity (Wildman–Crippen MR) is 163 cm³/mol. The number of fused-ring (bicyclic) bond motifs is 1. The number of carbonyl (C=O) groups excluding carboxylic acids is 1. The summed E-state index contributed by atoms with van der Waals surface area (Å²) in [5.41, 5.74) is 4.70. The summed E-state index contributed by atoms with van der Waals surface area (Å²) >= 11 is 1.06. The smallest absolute Gasteiger partial charge is 0.252 e. The van der Waals surface area contributed by atoms with Gasteiger partial charge in [0.25, 0.3) is 10.0 Å². The molecule has 3 heterocycles. The third-order valence-electron chi connectivity index (χ3n) is 6.97. The molecule has 0 fully saturated rings. The Hall–Kier alpha value is -4.78. The highest BCUT2D eigenvalue weighted by Gasteiger charge is 2.27. The van der Waals surface area contributed by atoms with Crippen LogP contribution < -0.4 is 4.74 Å². The number of benzene rings is 3. The van der Waals surface area contributed by atoms with Crippen molar-refractivity contribution in [3.05, 3.63) is 103 Å². The molecule has 3 aromatic carbocycles. The lowest BCUT2D eigenvalue weighted by Crippen LogP contribution is -2.31. The Morgan fingerprint density at radius 2 is 1.77 bits per heavy atom. The molecule has 6 rings (SSSR count). The molecule has 9 nitrogen and oxygen atoms in total. The number of carbonyl (C=O) groups is 1. The number of sulfonamides is 1. The number of nitrogens with zero attached hydrogens (tertiary/aromatic N) is 4. The van der Waals surface area contributed by atoms with Gasteiger partial charge in [0.1, 0.15) is 22.1 Å². The normalized spacial score (nSPS) is 11.7. The van der Waals surface area contributed by atoms with E-state index in [-0.39, 0.29) is 22.4 Å². The molecule has 43 heavy (non-hydrogen) atoms. The number of hydrogen-bond donors (Lipinski definition) is 1. The predicted octanol–water partition coefficient (Wildman–Crippen LogP) is 6.07. The largest absolute Gasteiger partial charge is 0.496 e. The van der Waals surface area contributed by atoms with E-state index in [1.807, 2.05) is 18.2 Å². The lowest BCUT2D eigenvalue weighted by atomic mass is 9.99. The maximum absolute atomic E-state index is 13.5. The number of hydrogen-bond acceptors (Lipinski definition) is 8. The monoisotopic (exact) mass is 613 g/mol. The van der Waals surface area contributed by atoms with Gasteiger partial charge in [0.2, 0.25) is 0 Å². The molecular formula is C31H24FN5O4S2. The Kier molecular flexibility index (Phi) is 7.57. The first-order valence-corrected chi connectivity index (χ1v) is 15.3. The van der Waals surface area contributed by atoms with E-state index < -0.39 is 10.0 Å². The zero-order chi connectivity index (χ0) is 30.1. The first kappa shape index (κ1) is 28.3. The van der Waals surface area contributed by atoms with Crippen LogP contribution in [0.2, 0.25) is 0 Å². The number of methoxy groups -OCH3 is 1. The molecule has 216 valence electrons. The molecule has 0 aliphatic carbocycles. The molecule has 0 amide bonds. The molecule has 1 N–H and O–H groups in total. The molecule has 12 heteroatoms. The van der Waals surface area contributed by atoms with Crippen molar-refractivity contribution < 1.29 is 22.3 Å². The number of thiophene rings is 1. The van der Waals surface area contributed by atoms with Crippen LogP contribution in [-0.4, -0.2) is 59.4 Å². The Bertz CT molecular complexity index is 2070. The van der Waals surface area contributed by atoms with Gasteiger partial charge in [-0.05, 0) is 66.2 Å². The van der Waals surface area contributed by atoms with Crippen LogP contribution in [0.5, 0.6) is 5.75 Å². The van der Waals surface area contributed by atoms with Gasteiger partial charge in [-0.2, -0.15) is 9.40 Å². The van der Waals surface area contributed by atoms with Gasteiger partial charge in [-0.3, -0.25) is 9.89 Å². The Balaban J connectivity index is 1.32. The van der Waals surface area contributed by atoms with E-state index in [1.165, 1.54) is 38.7 Å². The lowest BCUT2D eigenvalue weighted by molar-refractivity contribution is 0.0970. The standard InChI is InChI=1S/C31H24FN5O4S2/c1-37(17-26(38)22-5-3-4-6-27(22)41-2)43(39,40)29-14-13-28(42-29)31-23-15-20(9-12-25(23)33-18-34-31)24-16-35-36-30(24)19-7-10-21(32)11-8-19/h3-16,18H,17H2,1-2H3,(H,35,36). The number of aromatic amines is 1. The van der Waals surface area contributed by atoms with Gasteiger partial charge in [-0.15, -0.1) is 11.3 Å². The maximum atomic E-state index is 13.5. The van der Waals surface area contributed by atoms with Gasteiger partial charge in [-0.25, -0.2) is 22.8 Å². The molecule has 0 atom stereocenters. The third kappa shape index (κ3) is 5.43.